The molecule has 6 heteroatoms. The van der Waals surface area contributed by atoms with E-state index < -0.39 is 10.0 Å². The van der Waals surface area contributed by atoms with Gasteiger partial charge in [0.15, 0.2) is 0 Å². The summed E-state index contributed by atoms with van der Waals surface area (Å²) in [5, 5.41) is 1.70. The summed E-state index contributed by atoms with van der Waals surface area (Å²) in [4.78, 5) is 3.08. The Kier molecular flexibility index (Phi) is 4.49. The van der Waals surface area contributed by atoms with Crippen LogP contribution < -0.4 is 4.83 Å². The van der Waals surface area contributed by atoms with Gasteiger partial charge in [0, 0.05) is 13.1 Å². The molecule has 0 radical (unpaired) electrons. The molecule has 0 bridgehead atoms. The number of morpholine rings is 1. The molecule has 1 aliphatic heterocycles. The van der Waals surface area contributed by atoms with Gasteiger partial charge in [-0.2, -0.15) is 0 Å². The topological polar surface area (TPSA) is 58.6 Å². The van der Waals surface area contributed by atoms with Crippen LogP contribution in [0.4, 0.5) is 0 Å². The molecule has 0 aliphatic carbocycles. The first-order valence-corrected chi connectivity index (χ1v) is 8.24. The lowest BCUT2D eigenvalue weighted by Gasteiger charge is -2.27. The van der Waals surface area contributed by atoms with Crippen molar-refractivity contribution >= 4 is 10.0 Å². The lowest BCUT2D eigenvalue weighted by atomic mass is 10.0. The number of aryl methyl sites for hydroxylation is 2. The fourth-order valence-electron chi connectivity index (χ4n) is 2.45. The summed E-state index contributed by atoms with van der Waals surface area (Å²) in [6, 6.07) is 2.03. The first-order valence-electron chi connectivity index (χ1n) is 6.75. The van der Waals surface area contributed by atoms with Crippen molar-refractivity contribution in [3.63, 3.8) is 0 Å². The molecule has 1 aromatic rings. The van der Waals surface area contributed by atoms with Gasteiger partial charge < -0.3 is 4.74 Å². The largest absolute Gasteiger partial charge is 0.379 e. The molecule has 1 heterocycles. The molecule has 0 aromatic heterocycles. The number of benzene rings is 1. The summed E-state index contributed by atoms with van der Waals surface area (Å²) >= 11 is 0. The van der Waals surface area contributed by atoms with Gasteiger partial charge in [-0.25, -0.2) is 13.4 Å². The molecular weight excluding hydrogens is 276 g/mol. The van der Waals surface area contributed by atoms with Gasteiger partial charge in [-0.1, -0.05) is 6.07 Å². The van der Waals surface area contributed by atoms with E-state index in [1.54, 1.807) is 5.01 Å². The fraction of sp³-hybridized carbons (Fsp3) is 0.571. The van der Waals surface area contributed by atoms with E-state index in [2.05, 4.69) is 4.83 Å². The second-order valence-corrected chi connectivity index (χ2v) is 6.88. The van der Waals surface area contributed by atoms with E-state index in [4.69, 9.17) is 4.74 Å². The van der Waals surface area contributed by atoms with Crippen LogP contribution in [-0.4, -0.2) is 39.7 Å². The molecule has 1 N–H and O–H groups in total. The minimum atomic E-state index is -3.55. The van der Waals surface area contributed by atoms with Crippen LogP contribution in [0.25, 0.3) is 0 Å². The zero-order valence-electron chi connectivity index (χ0n) is 12.5. The highest BCUT2D eigenvalue weighted by atomic mass is 32.2. The van der Waals surface area contributed by atoms with Gasteiger partial charge in [0.25, 0.3) is 10.0 Å². The average molecular weight is 298 g/mol. The molecule has 0 saturated carbocycles. The van der Waals surface area contributed by atoms with Crippen molar-refractivity contribution in [1.29, 1.82) is 0 Å². The van der Waals surface area contributed by atoms with Gasteiger partial charge in [0.1, 0.15) is 0 Å². The van der Waals surface area contributed by atoms with Gasteiger partial charge in [0.05, 0.1) is 18.1 Å². The van der Waals surface area contributed by atoms with Gasteiger partial charge in [-0.15, -0.1) is 4.83 Å². The van der Waals surface area contributed by atoms with Crippen molar-refractivity contribution in [2.24, 2.45) is 0 Å². The minimum Gasteiger partial charge on any atom is -0.379 e. The molecule has 112 valence electrons. The van der Waals surface area contributed by atoms with Crippen LogP contribution in [0.5, 0.6) is 0 Å². The van der Waals surface area contributed by atoms with E-state index in [0.717, 1.165) is 22.3 Å². The number of ether oxygens (including phenoxy) is 1. The predicted molar refractivity (Wildman–Crippen MR) is 78.1 cm³/mol. The normalized spacial score (nSPS) is 17.4. The molecule has 0 spiro atoms. The first-order chi connectivity index (χ1) is 9.33. The molecule has 1 aromatic carbocycles. The van der Waals surface area contributed by atoms with Crippen molar-refractivity contribution in [3.8, 4) is 0 Å². The number of hydrogen-bond acceptors (Lipinski definition) is 4. The third-order valence-corrected chi connectivity index (χ3v) is 5.47. The van der Waals surface area contributed by atoms with Crippen LogP contribution >= 0.6 is 0 Å². The van der Waals surface area contributed by atoms with E-state index in [0.29, 0.717) is 31.2 Å². The molecule has 5 nitrogen and oxygen atoms in total. The lowest BCUT2D eigenvalue weighted by Crippen LogP contribution is -2.48. The number of nitrogens with zero attached hydrogens (tertiary/aromatic N) is 1. The van der Waals surface area contributed by atoms with Crippen molar-refractivity contribution < 1.29 is 13.2 Å². The van der Waals surface area contributed by atoms with Crippen LogP contribution in [0.1, 0.15) is 22.3 Å². The highest BCUT2D eigenvalue weighted by Gasteiger charge is 2.25. The smallest absolute Gasteiger partial charge is 0.254 e. The molecule has 0 unspecified atom stereocenters. The quantitative estimate of drug-likeness (QED) is 0.917. The Hall–Kier alpha value is -0.950. The lowest BCUT2D eigenvalue weighted by molar-refractivity contribution is 0.0272. The van der Waals surface area contributed by atoms with Gasteiger partial charge in [-0.05, 0) is 49.9 Å². The molecule has 1 saturated heterocycles. The van der Waals surface area contributed by atoms with Crippen LogP contribution in [0.2, 0.25) is 0 Å². The summed E-state index contributed by atoms with van der Waals surface area (Å²) in [5.74, 6) is 0. The maximum absolute atomic E-state index is 12.7. The van der Waals surface area contributed by atoms with Crippen LogP contribution in [0.15, 0.2) is 11.0 Å². The van der Waals surface area contributed by atoms with E-state index in [-0.39, 0.29) is 0 Å². The summed E-state index contributed by atoms with van der Waals surface area (Å²) < 4.78 is 30.5. The Morgan fingerprint density at radius 3 is 2.05 bits per heavy atom. The number of sulfonamides is 1. The Balaban J connectivity index is 2.38. The number of hydrazine groups is 1. The maximum atomic E-state index is 12.7. The third kappa shape index (κ3) is 3.03. The molecule has 2 rings (SSSR count). The predicted octanol–water partition coefficient (Wildman–Crippen LogP) is 1.45. The zero-order valence-corrected chi connectivity index (χ0v) is 13.3. The standard InChI is InChI=1S/C14H22N2O3S/c1-10-9-11(2)13(4)14(12(10)3)20(17,18)15-16-5-7-19-8-6-16/h9,15H,5-8H2,1-4H3. The van der Waals surface area contributed by atoms with Crippen molar-refractivity contribution in [3.05, 3.63) is 28.3 Å². The number of rotatable bonds is 3. The zero-order chi connectivity index (χ0) is 14.9. The minimum absolute atomic E-state index is 0.404. The average Bonchev–Trinajstić information content (AvgIpc) is 2.37. The summed E-state index contributed by atoms with van der Waals surface area (Å²) in [6.45, 7) is 9.83. The molecular formula is C14H22N2O3S. The summed E-state index contributed by atoms with van der Waals surface area (Å²) in [7, 11) is -3.55. The Bertz CT molecular complexity index is 579. The Morgan fingerprint density at radius 2 is 1.55 bits per heavy atom. The Labute approximate surface area is 120 Å². The fourth-order valence-corrected chi connectivity index (χ4v) is 4.20. The molecule has 1 aliphatic rings. The Morgan fingerprint density at radius 1 is 1.05 bits per heavy atom. The monoisotopic (exact) mass is 298 g/mol. The van der Waals surface area contributed by atoms with E-state index in [1.807, 2.05) is 33.8 Å². The molecule has 1 fully saturated rings. The second-order valence-electron chi connectivity index (χ2n) is 5.28. The second kappa shape index (κ2) is 5.81. The van der Waals surface area contributed by atoms with Crippen molar-refractivity contribution in [2.45, 2.75) is 32.6 Å². The van der Waals surface area contributed by atoms with E-state index in [9.17, 15) is 8.42 Å². The SMILES string of the molecule is Cc1cc(C)c(C)c(S(=O)(=O)NN2CCOCC2)c1C. The molecule has 0 atom stereocenters. The number of hydrogen-bond donors (Lipinski definition) is 1. The summed E-state index contributed by atoms with van der Waals surface area (Å²) in [5.41, 5.74) is 3.62. The molecule has 20 heavy (non-hydrogen) atoms. The highest BCUT2D eigenvalue weighted by Crippen LogP contribution is 2.26. The first kappa shape index (κ1) is 15.4. The molecule has 0 amide bonds. The van der Waals surface area contributed by atoms with E-state index in [1.165, 1.54) is 0 Å². The van der Waals surface area contributed by atoms with Crippen LogP contribution in [-0.2, 0) is 14.8 Å². The third-order valence-electron chi connectivity index (χ3n) is 3.83. The number of nitrogens with one attached hydrogen (secondary N) is 1. The van der Waals surface area contributed by atoms with Crippen molar-refractivity contribution in [2.75, 3.05) is 26.3 Å². The van der Waals surface area contributed by atoms with E-state index >= 15 is 0 Å². The van der Waals surface area contributed by atoms with Gasteiger partial charge in [0.2, 0.25) is 0 Å². The van der Waals surface area contributed by atoms with Gasteiger partial charge in [-0.3, -0.25) is 0 Å². The maximum Gasteiger partial charge on any atom is 0.254 e. The van der Waals surface area contributed by atoms with Gasteiger partial charge >= 0.3 is 0 Å². The summed E-state index contributed by atoms with van der Waals surface area (Å²) in [6.07, 6.45) is 0. The van der Waals surface area contributed by atoms with Crippen LogP contribution in [0.3, 0.4) is 0 Å². The highest BCUT2D eigenvalue weighted by molar-refractivity contribution is 7.89. The van der Waals surface area contributed by atoms with Crippen LogP contribution in [0, 0.1) is 27.7 Å². The van der Waals surface area contributed by atoms with Crippen molar-refractivity contribution in [1.82, 2.24) is 9.84 Å².